The molecule has 0 aliphatic carbocycles. The molecule has 0 aromatic rings. The van der Waals surface area contributed by atoms with Gasteiger partial charge in [-0.25, -0.2) is 0 Å². The van der Waals surface area contributed by atoms with Crippen LogP contribution < -0.4 is 0 Å². The van der Waals surface area contributed by atoms with Crippen molar-refractivity contribution in [3.8, 4) is 0 Å². The van der Waals surface area contributed by atoms with E-state index in [1.54, 1.807) is 4.90 Å². The van der Waals surface area contributed by atoms with Gasteiger partial charge in [0.1, 0.15) is 0 Å². The van der Waals surface area contributed by atoms with Gasteiger partial charge < -0.3 is 17.2 Å². The second-order valence-corrected chi connectivity index (χ2v) is 65.6. The topological polar surface area (TPSA) is 48.0 Å². The fourth-order valence-electron chi connectivity index (χ4n) is 2.64. The van der Waals surface area contributed by atoms with Crippen molar-refractivity contribution in [3.63, 3.8) is 0 Å². The first-order chi connectivity index (χ1) is 14.7. The molecule has 0 aromatic heterocycles. The van der Waals surface area contributed by atoms with Gasteiger partial charge >= 0.3 is 8.80 Å². The molecule has 0 aromatic carbocycles. The van der Waals surface area contributed by atoms with E-state index >= 15 is 0 Å². The minimum atomic E-state index is -3.02. The van der Waals surface area contributed by atoms with Gasteiger partial charge in [0, 0.05) is 19.6 Å². The summed E-state index contributed by atoms with van der Waals surface area (Å²) in [5.41, 5.74) is 0. The Bertz CT molecular complexity index is 638. The lowest BCUT2D eigenvalue weighted by Crippen LogP contribution is -2.72. The van der Waals surface area contributed by atoms with Crippen LogP contribution in [-0.4, -0.2) is 79.5 Å². The smallest absolute Gasteiger partial charge is 0.419 e. The third-order valence-corrected chi connectivity index (χ3v) is 65.1. The first-order valence-electron chi connectivity index (χ1n) is 12.7. The SMILES string of the molecule is C=CC(=O)N(C)CCC[Si](O[Si](C)(C)[Si](C)(C)C)(O[Si](C)(C)[Si](C)(C)C)O[Si](C)(C)[Si](C)(C)C. The van der Waals surface area contributed by atoms with Crippen molar-refractivity contribution in [2.24, 2.45) is 0 Å². The minimum absolute atomic E-state index is 0.0413. The summed E-state index contributed by atoms with van der Waals surface area (Å²) in [5, 5.41) is 0. The Hall–Kier alpha value is 0.608. The number of rotatable bonds is 14. The van der Waals surface area contributed by atoms with E-state index in [0.29, 0.717) is 6.54 Å². The Morgan fingerprint density at radius 2 is 0.971 bits per heavy atom. The largest absolute Gasteiger partial charge is 0.469 e. The van der Waals surface area contributed by atoms with E-state index in [0.717, 1.165) is 12.5 Å². The zero-order valence-electron chi connectivity index (χ0n) is 25.5. The predicted molar refractivity (Wildman–Crippen MR) is 169 cm³/mol. The van der Waals surface area contributed by atoms with E-state index in [9.17, 15) is 4.79 Å². The zero-order chi connectivity index (χ0) is 27.6. The third kappa shape index (κ3) is 9.48. The molecule has 0 saturated carbocycles. The summed E-state index contributed by atoms with van der Waals surface area (Å²) in [4.78, 5) is 13.9. The van der Waals surface area contributed by atoms with Gasteiger partial charge in [-0.05, 0) is 51.8 Å². The van der Waals surface area contributed by atoms with Crippen molar-refractivity contribution in [1.29, 1.82) is 0 Å². The Labute approximate surface area is 219 Å². The van der Waals surface area contributed by atoms with Crippen LogP contribution in [0.4, 0.5) is 0 Å². The van der Waals surface area contributed by atoms with Gasteiger partial charge in [0.15, 0.2) is 23.5 Å². The summed E-state index contributed by atoms with van der Waals surface area (Å²) in [6, 6.07) is 0.782. The fourth-order valence-corrected chi connectivity index (χ4v) is 31.6. The predicted octanol–water partition coefficient (Wildman–Crippen LogP) is 6.87. The molecule has 0 radical (unpaired) electrons. The molecule has 0 bridgehead atoms. The van der Waals surface area contributed by atoms with Crippen LogP contribution in [0.1, 0.15) is 6.42 Å². The van der Waals surface area contributed by atoms with Gasteiger partial charge in [-0.3, -0.25) is 4.79 Å². The van der Waals surface area contributed by atoms with E-state index < -0.39 is 55.1 Å². The normalized spacial score (nSPS) is 14.8. The third-order valence-electron chi connectivity index (χ3n) is 8.18. The van der Waals surface area contributed by atoms with E-state index in [-0.39, 0.29) is 5.91 Å². The Balaban J connectivity index is 6.64. The highest BCUT2D eigenvalue weighted by molar-refractivity contribution is 7.42. The lowest BCUT2D eigenvalue weighted by molar-refractivity contribution is -0.124. The molecule has 202 valence electrons. The number of hydrogen-bond acceptors (Lipinski definition) is 4. The second-order valence-electron chi connectivity index (χ2n) is 14.3. The molecule has 0 atom stereocenters. The first-order valence-corrected chi connectivity index (χ1v) is 36.9. The Morgan fingerprint density at radius 3 is 1.21 bits per heavy atom. The summed E-state index contributed by atoms with van der Waals surface area (Å²) in [5.74, 6) is -0.0413. The average Bonchev–Trinajstić information content (AvgIpc) is 2.56. The summed E-state index contributed by atoms with van der Waals surface area (Å²) >= 11 is 0. The molecule has 0 heterocycles. The number of amides is 1. The molecule has 1 amide bonds. The Morgan fingerprint density at radius 1 is 0.676 bits per heavy atom. The van der Waals surface area contributed by atoms with Gasteiger partial charge in [-0.2, -0.15) is 0 Å². The van der Waals surface area contributed by atoms with E-state index in [1.807, 2.05) is 7.05 Å². The quantitative estimate of drug-likeness (QED) is 0.162. The molecular weight excluding hydrogens is 539 g/mol. The molecule has 0 fully saturated rings. The van der Waals surface area contributed by atoms with Crippen LogP contribution in [0.2, 0.25) is 104 Å². The number of hydrogen-bond donors (Lipinski definition) is 0. The van der Waals surface area contributed by atoms with Crippen LogP contribution in [0.5, 0.6) is 0 Å². The number of carbonyl (C=O) groups excluding carboxylic acids is 1. The first kappa shape index (κ1) is 34.6. The van der Waals surface area contributed by atoms with Gasteiger partial charge in [-0.1, -0.05) is 65.5 Å². The van der Waals surface area contributed by atoms with Crippen LogP contribution in [0.25, 0.3) is 0 Å². The lowest BCUT2D eigenvalue weighted by Gasteiger charge is -2.51. The van der Waals surface area contributed by atoms with Gasteiger partial charge in [0.25, 0.3) is 0 Å². The molecule has 5 nitrogen and oxygen atoms in total. The molecule has 0 saturated heterocycles. The maximum absolute atomic E-state index is 12.1. The molecule has 0 rings (SSSR count). The molecular formula is C22H57NO4Si7. The summed E-state index contributed by atoms with van der Waals surface area (Å²) in [7, 11) is -11.9. The highest BCUT2D eigenvalue weighted by Gasteiger charge is 2.58. The molecule has 0 unspecified atom stereocenters. The van der Waals surface area contributed by atoms with Crippen molar-refractivity contribution in [2.45, 2.75) is 111 Å². The highest BCUT2D eigenvalue weighted by Crippen LogP contribution is 2.37. The summed E-state index contributed by atoms with van der Waals surface area (Å²) < 4.78 is 22.2. The van der Waals surface area contributed by atoms with Crippen molar-refractivity contribution >= 4 is 61.0 Å². The van der Waals surface area contributed by atoms with E-state index in [4.69, 9.17) is 12.3 Å². The van der Waals surface area contributed by atoms with Crippen molar-refractivity contribution < 1.29 is 17.1 Å². The maximum atomic E-state index is 12.1. The molecule has 34 heavy (non-hydrogen) atoms. The monoisotopic (exact) mass is 595 g/mol. The average molecular weight is 596 g/mol. The van der Waals surface area contributed by atoms with Gasteiger partial charge in [-0.15, -0.1) is 0 Å². The molecule has 0 aliphatic rings. The van der Waals surface area contributed by atoms with Crippen molar-refractivity contribution in [3.05, 3.63) is 12.7 Å². The van der Waals surface area contributed by atoms with E-state index in [1.165, 1.54) is 6.08 Å². The zero-order valence-corrected chi connectivity index (χ0v) is 32.5. The van der Waals surface area contributed by atoms with Crippen molar-refractivity contribution in [2.75, 3.05) is 13.6 Å². The van der Waals surface area contributed by atoms with Crippen LogP contribution >= 0.6 is 0 Å². The molecule has 12 heteroatoms. The molecule has 0 spiro atoms. The van der Waals surface area contributed by atoms with Crippen molar-refractivity contribution in [1.82, 2.24) is 4.90 Å². The lowest BCUT2D eigenvalue weighted by atomic mass is 10.4. The number of carbonyl (C=O) groups is 1. The fraction of sp³-hybridized carbons (Fsp3) is 0.864. The van der Waals surface area contributed by atoms with Crippen LogP contribution in [0, 0.1) is 0 Å². The minimum Gasteiger partial charge on any atom is -0.419 e. The molecule has 0 aliphatic heterocycles. The number of nitrogens with zero attached hydrogens (tertiary/aromatic N) is 1. The number of likely N-dealkylation sites (N-methyl/N-ethyl adjacent to an activating group) is 1. The van der Waals surface area contributed by atoms with Gasteiger partial charge in [0.05, 0.1) is 22.8 Å². The van der Waals surface area contributed by atoms with Crippen LogP contribution in [0.3, 0.4) is 0 Å². The summed E-state index contributed by atoms with van der Waals surface area (Å²) in [6.45, 7) is 40.4. The maximum Gasteiger partial charge on any atom is 0.469 e. The second kappa shape index (κ2) is 11.6. The summed E-state index contributed by atoms with van der Waals surface area (Å²) in [6.07, 6.45) is 2.21. The van der Waals surface area contributed by atoms with Gasteiger partial charge in [0.2, 0.25) is 5.91 Å². The Kier molecular flexibility index (Phi) is 11.8. The van der Waals surface area contributed by atoms with Crippen LogP contribution in [-0.2, 0) is 17.1 Å². The standard InChI is InChI=1S/C22H57NO4Si7/c1-18-22(24)23(2)20-19-21-34(25-31(12,13)28(3,4)5,26-32(14,15)29(6,7)8)27-33(16,17)30(9,10)11/h18H,1,19-21H2,2-17H3. The van der Waals surface area contributed by atoms with E-state index in [2.05, 4.69) is 105 Å². The molecule has 0 N–H and O–H groups in total. The highest BCUT2D eigenvalue weighted by atomic mass is 29.3. The van der Waals surface area contributed by atoms with Crippen LogP contribution in [0.15, 0.2) is 12.7 Å².